The summed E-state index contributed by atoms with van der Waals surface area (Å²) in [5, 5.41) is 11.6. The monoisotopic (exact) mass is 241 g/mol. The van der Waals surface area contributed by atoms with E-state index < -0.39 is 0 Å². The van der Waals surface area contributed by atoms with Crippen molar-refractivity contribution in [2.24, 2.45) is 7.05 Å². The van der Waals surface area contributed by atoms with E-state index in [1.54, 1.807) is 17.7 Å². The quantitative estimate of drug-likeness (QED) is 0.557. The molecule has 0 bridgehead atoms. The number of hydrogen-bond acceptors (Lipinski definition) is 5. The minimum absolute atomic E-state index is 0.0738. The Hall–Kier alpha value is -1.34. The number of amides is 1. The van der Waals surface area contributed by atoms with Crippen LogP contribution in [0.2, 0.25) is 0 Å². The van der Waals surface area contributed by atoms with Gasteiger partial charge in [-0.2, -0.15) is 4.98 Å². The SMILES string of the molecule is Cn1cc(O)nc1/C=C1\SC(=S)NC1=O. The zero-order chi connectivity index (χ0) is 11.0. The van der Waals surface area contributed by atoms with Gasteiger partial charge in [-0.15, -0.1) is 0 Å². The van der Waals surface area contributed by atoms with E-state index in [-0.39, 0.29) is 11.8 Å². The van der Waals surface area contributed by atoms with Crippen LogP contribution in [0.15, 0.2) is 11.1 Å². The summed E-state index contributed by atoms with van der Waals surface area (Å²) < 4.78 is 2.06. The van der Waals surface area contributed by atoms with Gasteiger partial charge in [-0.05, 0) is 0 Å². The zero-order valence-corrected chi connectivity index (χ0v) is 9.35. The molecule has 78 valence electrons. The van der Waals surface area contributed by atoms with E-state index >= 15 is 0 Å². The highest BCUT2D eigenvalue weighted by Gasteiger charge is 2.22. The summed E-state index contributed by atoms with van der Waals surface area (Å²) >= 11 is 6.02. The standard InChI is InChI=1S/C8H7N3O2S2/c1-11-3-6(12)9-5(11)2-4-7(13)10-8(14)15-4/h2-3,12H,1H3,(H,10,13,14)/b4-2-. The van der Waals surface area contributed by atoms with Crippen LogP contribution in [0, 0.1) is 0 Å². The van der Waals surface area contributed by atoms with Crippen molar-refractivity contribution in [2.45, 2.75) is 0 Å². The Labute approximate surface area is 95.2 Å². The maximum atomic E-state index is 11.3. The van der Waals surface area contributed by atoms with E-state index in [2.05, 4.69) is 10.3 Å². The van der Waals surface area contributed by atoms with E-state index in [9.17, 15) is 4.79 Å². The van der Waals surface area contributed by atoms with Gasteiger partial charge < -0.3 is 15.0 Å². The molecule has 1 aromatic heterocycles. The van der Waals surface area contributed by atoms with Crippen LogP contribution in [0.1, 0.15) is 5.82 Å². The molecule has 2 heterocycles. The average Bonchev–Trinajstić information content (AvgIpc) is 2.58. The molecule has 1 aliphatic rings. The number of aromatic hydroxyl groups is 1. The summed E-state index contributed by atoms with van der Waals surface area (Å²) in [7, 11) is 1.73. The molecule has 15 heavy (non-hydrogen) atoms. The molecule has 0 aromatic carbocycles. The van der Waals surface area contributed by atoms with Crippen LogP contribution in [0.25, 0.3) is 6.08 Å². The summed E-state index contributed by atoms with van der Waals surface area (Å²) in [5.41, 5.74) is 0. The van der Waals surface area contributed by atoms with Crippen LogP contribution in [0.5, 0.6) is 5.88 Å². The average molecular weight is 241 g/mol. The smallest absolute Gasteiger partial charge is 0.263 e. The maximum Gasteiger partial charge on any atom is 0.263 e. The second kappa shape index (κ2) is 3.67. The molecule has 0 unspecified atom stereocenters. The van der Waals surface area contributed by atoms with Gasteiger partial charge in [-0.3, -0.25) is 4.79 Å². The third-order valence-electron chi connectivity index (χ3n) is 1.80. The van der Waals surface area contributed by atoms with E-state index in [1.165, 1.54) is 18.0 Å². The summed E-state index contributed by atoms with van der Waals surface area (Å²) in [5.74, 6) is 0.206. The van der Waals surface area contributed by atoms with Gasteiger partial charge in [0.05, 0.1) is 11.1 Å². The molecular formula is C8H7N3O2S2. The Kier molecular flexibility index (Phi) is 2.49. The van der Waals surface area contributed by atoms with Crippen molar-refractivity contribution in [3.8, 4) is 5.88 Å². The van der Waals surface area contributed by atoms with Gasteiger partial charge in [-0.1, -0.05) is 24.0 Å². The Morgan fingerprint density at radius 3 is 2.93 bits per heavy atom. The molecule has 2 N–H and O–H groups in total. The third-order valence-corrected chi connectivity index (χ3v) is 2.96. The maximum absolute atomic E-state index is 11.3. The van der Waals surface area contributed by atoms with Crippen molar-refractivity contribution in [3.05, 3.63) is 16.9 Å². The van der Waals surface area contributed by atoms with Gasteiger partial charge in [0.15, 0.2) is 0 Å². The lowest BCUT2D eigenvalue weighted by Crippen LogP contribution is -2.17. The van der Waals surface area contributed by atoms with Gasteiger partial charge >= 0.3 is 0 Å². The van der Waals surface area contributed by atoms with E-state index in [0.717, 1.165) is 0 Å². The highest BCUT2D eigenvalue weighted by Crippen LogP contribution is 2.25. The first kappa shape index (κ1) is 10.2. The molecule has 2 rings (SSSR count). The van der Waals surface area contributed by atoms with Gasteiger partial charge in [0.25, 0.3) is 5.91 Å². The predicted molar refractivity (Wildman–Crippen MR) is 61.2 cm³/mol. The Balaban J connectivity index is 2.34. The summed E-state index contributed by atoms with van der Waals surface area (Å²) in [6.45, 7) is 0. The molecule has 1 fully saturated rings. The van der Waals surface area contributed by atoms with E-state index in [0.29, 0.717) is 15.1 Å². The van der Waals surface area contributed by atoms with Crippen molar-refractivity contribution in [3.63, 3.8) is 0 Å². The lowest BCUT2D eigenvalue weighted by atomic mass is 10.4. The van der Waals surface area contributed by atoms with Crippen LogP contribution < -0.4 is 5.32 Å². The number of aromatic nitrogens is 2. The number of hydrogen-bond donors (Lipinski definition) is 2. The van der Waals surface area contributed by atoms with Crippen LogP contribution in [0.4, 0.5) is 0 Å². The molecule has 1 saturated heterocycles. The number of nitrogens with zero attached hydrogens (tertiary/aromatic N) is 2. The first-order chi connectivity index (χ1) is 7.06. The van der Waals surface area contributed by atoms with Crippen molar-refractivity contribution < 1.29 is 9.90 Å². The van der Waals surface area contributed by atoms with Gasteiger partial charge in [-0.25, -0.2) is 0 Å². The molecule has 1 amide bonds. The minimum atomic E-state index is -0.229. The summed E-state index contributed by atoms with van der Waals surface area (Å²) in [6, 6.07) is 0. The molecule has 7 heteroatoms. The van der Waals surface area contributed by atoms with Crippen LogP contribution >= 0.6 is 24.0 Å². The lowest BCUT2D eigenvalue weighted by molar-refractivity contribution is -0.115. The zero-order valence-electron chi connectivity index (χ0n) is 7.72. The Morgan fingerprint density at radius 1 is 1.73 bits per heavy atom. The van der Waals surface area contributed by atoms with E-state index in [4.69, 9.17) is 17.3 Å². The number of nitrogens with one attached hydrogen (secondary N) is 1. The number of aryl methyl sites for hydroxylation is 1. The highest BCUT2D eigenvalue weighted by atomic mass is 32.2. The second-order valence-corrected chi connectivity index (χ2v) is 4.64. The number of thiocarbonyl (C=S) groups is 1. The normalized spacial score (nSPS) is 18.6. The molecule has 0 radical (unpaired) electrons. The summed E-state index contributed by atoms with van der Waals surface area (Å²) in [4.78, 5) is 15.6. The topological polar surface area (TPSA) is 67.2 Å². The van der Waals surface area contributed by atoms with Crippen molar-refractivity contribution in [1.82, 2.24) is 14.9 Å². The number of imidazole rings is 1. The number of thioether (sulfide) groups is 1. The second-order valence-electron chi connectivity index (χ2n) is 2.92. The fourth-order valence-corrected chi connectivity index (χ4v) is 2.15. The van der Waals surface area contributed by atoms with Crippen molar-refractivity contribution in [1.29, 1.82) is 0 Å². The van der Waals surface area contributed by atoms with E-state index in [1.807, 2.05) is 0 Å². The van der Waals surface area contributed by atoms with Crippen LogP contribution in [-0.4, -0.2) is 24.9 Å². The van der Waals surface area contributed by atoms with Gasteiger partial charge in [0.1, 0.15) is 10.1 Å². The minimum Gasteiger partial charge on any atom is -0.492 e. The number of rotatable bonds is 1. The number of carbonyl (C=O) groups excluding carboxylic acids is 1. The highest BCUT2D eigenvalue weighted by molar-refractivity contribution is 8.26. The molecular weight excluding hydrogens is 234 g/mol. The summed E-state index contributed by atoms with van der Waals surface area (Å²) in [6.07, 6.45) is 3.04. The Morgan fingerprint density at radius 2 is 2.47 bits per heavy atom. The van der Waals surface area contributed by atoms with Crippen molar-refractivity contribution >= 4 is 40.3 Å². The molecule has 1 aromatic rings. The van der Waals surface area contributed by atoms with Crippen LogP contribution in [-0.2, 0) is 11.8 Å². The van der Waals surface area contributed by atoms with Crippen LogP contribution in [0.3, 0.4) is 0 Å². The molecule has 0 spiro atoms. The van der Waals surface area contributed by atoms with Gasteiger partial charge in [0, 0.05) is 13.1 Å². The number of carbonyl (C=O) groups is 1. The fourth-order valence-electron chi connectivity index (χ4n) is 1.14. The Bertz CT molecular complexity index is 478. The van der Waals surface area contributed by atoms with Gasteiger partial charge in [0.2, 0.25) is 5.88 Å². The lowest BCUT2D eigenvalue weighted by Gasteiger charge is -1.94. The molecule has 0 saturated carbocycles. The fraction of sp³-hybridized carbons (Fsp3) is 0.125. The third kappa shape index (κ3) is 2.02. The predicted octanol–water partition coefficient (Wildman–Crippen LogP) is 0.614. The molecule has 0 atom stereocenters. The first-order valence-corrected chi connectivity index (χ1v) is 5.26. The molecule has 0 aliphatic carbocycles. The molecule has 1 aliphatic heterocycles. The molecule has 5 nitrogen and oxygen atoms in total. The first-order valence-electron chi connectivity index (χ1n) is 4.03. The van der Waals surface area contributed by atoms with Crippen molar-refractivity contribution in [2.75, 3.05) is 0 Å². The largest absolute Gasteiger partial charge is 0.492 e.